The largest absolute Gasteiger partial charge is 0.426 e. The monoisotopic (exact) mass is 222 g/mol. The Morgan fingerprint density at radius 2 is 2.40 bits per heavy atom. The molecule has 0 saturated carbocycles. The molecule has 2 rings (SSSR count). The van der Waals surface area contributed by atoms with E-state index in [9.17, 15) is 4.79 Å². The highest BCUT2D eigenvalue weighted by Crippen LogP contribution is 2.31. The fourth-order valence-electron chi connectivity index (χ4n) is 1.73. The average Bonchev–Trinajstić information content (AvgIpc) is 2.20. The van der Waals surface area contributed by atoms with Gasteiger partial charge in [-0.1, -0.05) is 17.7 Å². The highest BCUT2D eigenvalue weighted by atomic mass is 35.5. The average molecular weight is 223 g/mol. The van der Waals surface area contributed by atoms with Gasteiger partial charge in [-0.05, 0) is 36.6 Å². The van der Waals surface area contributed by atoms with Crippen molar-refractivity contribution >= 4 is 17.6 Å². The molecule has 2 nitrogen and oxygen atoms in total. The zero-order valence-corrected chi connectivity index (χ0v) is 8.96. The Kier molecular flexibility index (Phi) is 2.78. The van der Waals surface area contributed by atoms with Gasteiger partial charge in [0.1, 0.15) is 5.75 Å². The van der Waals surface area contributed by atoms with Crippen LogP contribution in [0.3, 0.4) is 0 Å². The predicted molar refractivity (Wildman–Crippen MR) is 59.1 cm³/mol. The zero-order valence-electron chi connectivity index (χ0n) is 8.20. The van der Waals surface area contributed by atoms with Crippen LogP contribution in [0.2, 0.25) is 5.02 Å². The van der Waals surface area contributed by atoms with E-state index in [-0.39, 0.29) is 11.9 Å². The first-order chi connectivity index (χ1) is 7.20. The van der Waals surface area contributed by atoms with Crippen LogP contribution >= 0.6 is 11.6 Å². The number of benzene rings is 1. The van der Waals surface area contributed by atoms with Crippen molar-refractivity contribution in [2.24, 2.45) is 5.92 Å². The van der Waals surface area contributed by atoms with E-state index in [0.29, 0.717) is 23.6 Å². The molecule has 0 aliphatic carbocycles. The van der Waals surface area contributed by atoms with Crippen LogP contribution in [0, 0.1) is 5.92 Å². The molecule has 1 heterocycles. The summed E-state index contributed by atoms with van der Waals surface area (Å²) in [5.74, 6) is 0.336. The van der Waals surface area contributed by atoms with Gasteiger partial charge in [0.25, 0.3) is 0 Å². The van der Waals surface area contributed by atoms with Crippen LogP contribution in [-0.2, 0) is 11.2 Å². The van der Waals surface area contributed by atoms with E-state index in [2.05, 4.69) is 6.58 Å². The van der Waals surface area contributed by atoms with Gasteiger partial charge in [-0.25, -0.2) is 0 Å². The Hall–Kier alpha value is -1.28. The third kappa shape index (κ3) is 2.05. The molecule has 1 aromatic rings. The van der Waals surface area contributed by atoms with Crippen molar-refractivity contribution < 1.29 is 9.53 Å². The highest BCUT2D eigenvalue weighted by molar-refractivity contribution is 6.30. The summed E-state index contributed by atoms with van der Waals surface area (Å²) < 4.78 is 5.21. The van der Waals surface area contributed by atoms with Crippen molar-refractivity contribution in [3.05, 3.63) is 41.4 Å². The number of halogens is 1. The lowest BCUT2D eigenvalue weighted by molar-refractivity contribution is -0.140. The molecule has 1 atom stereocenters. The summed E-state index contributed by atoms with van der Waals surface area (Å²) in [4.78, 5) is 11.5. The Morgan fingerprint density at radius 1 is 1.60 bits per heavy atom. The SMILES string of the molecule is C=CC[C@@H]1Cc2cc(Cl)ccc2OC1=O. The van der Waals surface area contributed by atoms with Gasteiger partial charge in [0.05, 0.1) is 5.92 Å². The summed E-state index contributed by atoms with van der Waals surface area (Å²) in [5.41, 5.74) is 0.994. The number of fused-ring (bicyclic) bond motifs is 1. The molecule has 0 radical (unpaired) electrons. The summed E-state index contributed by atoms with van der Waals surface area (Å²) >= 11 is 5.88. The van der Waals surface area contributed by atoms with Crippen LogP contribution in [0.4, 0.5) is 0 Å². The van der Waals surface area contributed by atoms with E-state index in [1.807, 2.05) is 6.07 Å². The topological polar surface area (TPSA) is 26.3 Å². The molecule has 0 unspecified atom stereocenters. The molecule has 78 valence electrons. The van der Waals surface area contributed by atoms with Gasteiger partial charge in [0, 0.05) is 5.02 Å². The molecule has 0 aromatic heterocycles. The lowest BCUT2D eigenvalue weighted by Gasteiger charge is -2.22. The standard InChI is InChI=1S/C12H11ClO2/c1-2-3-8-6-9-7-10(13)4-5-11(9)15-12(8)14/h2,4-5,7-8H,1,3,6H2/t8-/m1/s1. The van der Waals surface area contributed by atoms with Gasteiger partial charge >= 0.3 is 5.97 Å². The summed E-state index contributed by atoms with van der Waals surface area (Å²) in [6.07, 6.45) is 3.06. The molecule has 0 amide bonds. The van der Waals surface area contributed by atoms with Crippen LogP contribution < -0.4 is 4.74 Å². The predicted octanol–water partition coefficient (Wildman–Crippen LogP) is 2.99. The normalized spacial score (nSPS) is 19.3. The fraction of sp³-hybridized carbons (Fsp3) is 0.250. The first-order valence-electron chi connectivity index (χ1n) is 4.81. The zero-order chi connectivity index (χ0) is 10.8. The lowest BCUT2D eigenvalue weighted by atomic mass is 9.93. The first-order valence-corrected chi connectivity index (χ1v) is 5.19. The maximum atomic E-state index is 11.5. The molecule has 1 aliphatic rings. The fourth-order valence-corrected chi connectivity index (χ4v) is 1.92. The van der Waals surface area contributed by atoms with Gasteiger partial charge in [0.15, 0.2) is 0 Å². The summed E-state index contributed by atoms with van der Waals surface area (Å²) in [6.45, 7) is 3.63. The molecule has 0 N–H and O–H groups in total. The van der Waals surface area contributed by atoms with E-state index < -0.39 is 0 Å². The second-order valence-corrected chi connectivity index (χ2v) is 4.04. The highest BCUT2D eigenvalue weighted by Gasteiger charge is 2.27. The lowest BCUT2D eigenvalue weighted by Crippen LogP contribution is -2.27. The Balaban J connectivity index is 2.30. The van der Waals surface area contributed by atoms with Crippen LogP contribution in [-0.4, -0.2) is 5.97 Å². The Labute approximate surface area is 93.5 Å². The number of hydrogen-bond acceptors (Lipinski definition) is 2. The van der Waals surface area contributed by atoms with Crippen molar-refractivity contribution in [3.8, 4) is 5.75 Å². The van der Waals surface area contributed by atoms with E-state index in [4.69, 9.17) is 16.3 Å². The van der Waals surface area contributed by atoms with Gasteiger partial charge in [-0.15, -0.1) is 6.58 Å². The van der Waals surface area contributed by atoms with E-state index in [1.165, 1.54) is 0 Å². The van der Waals surface area contributed by atoms with Crippen molar-refractivity contribution in [2.75, 3.05) is 0 Å². The number of rotatable bonds is 2. The summed E-state index contributed by atoms with van der Waals surface area (Å²) in [7, 11) is 0. The van der Waals surface area contributed by atoms with Crippen molar-refractivity contribution in [3.63, 3.8) is 0 Å². The molecule has 0 bridgehead atoms. The van der Waals surface area contributed by atoms with Crippen LogP contribution in [0.25, 0.3) is 0 Å². The third-order valence-electron chi connectivity index (χ3n) is 2.48. The Morgan fingerprint density at radius 3 is 3.13 bits per heavy atom. The minimum Gasteiger partial charge on any atom is -0.426 e. The Bertz CT molecular complexity index is 412. The number of hydrogen-bond donors (Lipinski definition) is 0. The number of allylic oxidation sites excluding steroid dienone is 1. The van der Waals surface area contributed by atoms with E-state index in [1.54, 1.807) is 18.2 Å². The summed E-state index contributed by atoms with van der Waals surface area (Å²) in [6, 6.07) is 5.31. The molecular formula is C12H11ClO2. The second-order valence-electron chi connectivity index (χ2n) is 3.60. The number of carbonyl (C=O) groups is 1. The van der Waals surface area contributed by atoms with Crippen molar-refractivity contribution in [1.82, 2.24) is 0 Å². The molecule has 1 aromatic carbocycles. The quantitative estimate of drug-likeness (QED) is 0.437. The smallest absolute Gasteiger partial charge is 0.314 e. The molecule has 0 saturated heterocycles. The van der Waals surface area contributed by atoms with Gasteiger partial charge in [-0.2, -0.15) is 0 Å². The molecule has 3 heteroatoms. The maximum Gasteiger partial charge on any atom is 0.314 e. The third-order valence-corrected chi connectivity index (χ3v) is 2.72. The van der Waals surface area contributed by atoms with Gasteiger partial charge < -0.3 is 4.74 Å². The van der Waals surface area contributed by atoms with Gasteiger partial charge in [-0.3, -0.25) is 4.79 Å². The van der Waals surface area contributed by atoms with Crippen LogP contribution in [0.1, 0.15) is 12.0 Å². The minimum atomic E-state index is -0.176. The second kappa shape index (κ2) is 4.07. The number of esters is 1. The molecular weight excluding hydrogens is 212 g/mol. The van der Waals surface area contributed by atoms with Gasteiger partial charge in [0.2, 0.25) is 0 Å². The molecule has 0 fully saturated rings. The van der Waals surface area contributed by atoms with Crippen LogP contribution in [0.5, 0.6) is 5.75 Å². The maximum absolute atomic E-state index is 11.5. The minimum absolute atomic E-state index is 0.117. The molecule has 15 heavy (non-hydrogen) atoms. The van der Waals surface area contributed by atoms with Crippen molar-refractivity contribution in [2.45, 2.75) is 12.8 Å². The summed E-state index contributed by atoms with van der Waals surface area (Å²) in [5, 5.41) is 0.670. The number of ether oxygens (including phenoxy) is 1. The van der Waals surface area contributed by atoms with Crippen molar-refractivity contribution in [1.29, 1.82) is 0 Å². The molecule has 0 spiro atoms. The van der Waals surface area contributed by atoms with E-state index in [0.717, 1.165) is 5.56 Å². The number of carbonyl (C=O) groups excluding carboxylic acids is 1. The molecule has 1 aliphatic heterocycles. The first kappa shape index (κ1) is 10.2. The van der Waals surface area contributed by atoms with Crippen LogP contribution in [0.15, 0.2) is 30.9 Å². The van der Waals surface area contributed by atoms with E-state index >= 15 is 0 Å².